The van der Waals surface area contributed by atoms with Crippen LogP contribution in [0.5, 0.6) is 11.5 Å². The van der Waals surface area contributed by atoms with Crippen molar-refractivity contribution < 1.29 is 14.3 Å². The van der Waals surface area contributed by atoms with E-state index in [1.807, 2.05) is 44.3 Å². The Morgan fingerprint density at radius 3 is 2.38 bits per heavy atom. The van der Waals surface area contributed by atoms with Crippen LogP contribution >= 0.6 is 15.9 Å². The summed E-state index contributed by atoms with van der Waals surface area (Å²) in [7, 11) is 7.12. The molecule has 0 N–H and O–H groups in total. The van der Waals surface area contributed by atoms with E-state index in [4.69, 9.17) is 9.47 Å². The Morgan fingerprint density at radius 2 is 1.81 bits per heavy atom. The lowest BCUT2D eigenvalue weighted by atomic mass is 9.96. The normalized spacial score (nSPS) is 14.2. The van der Waals surface area contributed by atoms with Crippen LogP contribution in [0.15, 0.2) is 51.5 Å². The first-order valence-electron chi connectivity index (χ1n) is 13.7. The third-order valence-electron chi connectivity index (χ3n) is 8.01. The SMILES string of the molecule is COc1cc(-c2cn(C)c(=O)c(C)c2C)cc(OC)c1CN(C)C1CCN(C(=O)/C(C#N)=C/c2cccc(Br)n2)CC1. The Morgan fingerprint density at radius 1 is 1.17 bits per heavy atom. The van der Waals surface area contributed by atoms with E-state index < -0.39 is 0 Å². The molecule has 1 aliphatic rings. The van der Waals surface area contributed by atoms with E-state index in [-0.39, 0.29) is 23.1 Å². The van der Waals surface area contributed by atoms with Crippen LogP contribution in [-0.4, -0.2) is 65.7 Å². The minimum absolute atomic E-state index is 0.0116. The maximum atomic E-state index is 13.1. The van der Waals surface area contributed by atoms with Gasteiger partial charge >= 0.3 is 0 Å². The summed E-state index contributed by atoms with van der Waals surface area (Å²) < 4.78 is 13.9. The van der Waals surface area contributed by atoms with E-state index in [1.54, 1.807) is 42.9 Å². The van der Waals surface area contributed by atoms with Crippen LogP contribution in [0.4, 0.5) is 0 Å². The first kappa shape index (κ1) is 31.0. The van der Waals surface area contributed by atoms with Gasteiger partial charge in [0.25, 0.3) is 11.5 Å². The maximum Gasteiger partial charge on any atom is 0.264 e. The number of piperidine rings is 1. The number of halogens is 1. The number of amides is 1. The van der Waals surface area contributed by atoms with Gasteiger partial charge in [-0.1, -0.05) is 6.07 Å². The van der Waals surface area contributed by atoms with E-state index in [0.717, 1.165) is 35.1 Å². The Balaban J connectivity index is 1.49. The van der Waals surface area contributed by atoms with Crippen LogP contribution in [0.25, 0.3) is 17.2 Å². The highest BCUT2D eigenvalue weighted by molar-refractivity contribution is 9.10. The fraction of sp³-hybridized carbons (Fsp3) is 0.375. The van der Waals surface area contributed by atoms with Crippen LogP contribution in [0.2, 0.25) is 0 Å². The Labute approximate surface area is 255 Å². The summed E-state index contributed by atoms with van der Waals surface area (Å²) in [4.78, 5) is 33.8. The number of likely N-dealkylation sites (tertiary alicyclic amines) is 1. The number of nitrogens with zero attached hydrogens (tertiary/aromatic N) is 5. The number of hydrogen-bond acceptors (Lipinski definition) is 7. The van der Waals surface area contributed by atoms with Gasteiger partial charge in [0.1, 0.15) is 27.7 Å². The molecule has 1 aliphatic heterocycles. The van der Waals surface area contributed by atoms with Gasteiger partial charge in [-0.15, -0.1) is 0 Å². The van der Waals surface area contributed by atoms with Crippen molar-refractivity contribution in [3.8, 4) is 28.7 Å². The summed E-state index contributed by atoms with van der Waals surface area (Å²) in [5.74, 6) is 1.14. The zero-order valence-corrected chi connectivity index (χ0v) is 26.5. The first-order valence-corrected chi connectivity index (χ1v) is 14.5. The van der Waals surface area contributed by atoms with Gasteiger partial charge in [-0.2, -0.15) is 5.26 Å². The second-order valence-electron chi connectivity index (χ2n) is 10.6. The number of pyridine rings is 2. The van der Waals surface area contributed by atoms with E-state index in [1.165, 1.54) is 6.08 Å². The molecule has 0 radical (unpaired) electrons. The van der Waals surface area contributed by atoms with Crippen molar-refractivity contribution in [1.82, 2.24) is 19.4 Å². The number of benzene rings is 1. The lowest BCUT2D eigenvalue weighted by Crippen LogP contribution is -2.45. The van der Waals surface area contributed by atoms with Crippen molar-refractivity contribution in [3.05, 3.63) is 79.4 Å². The number of nitriles is 1. The molecule has 10 heteroatoms. The molecule has 1 saturated heterocycles. The van der Waals surface area contributed by atoms with Crippen LogP contribution < -0.4 is 15.0 Å². The van der Waals surface area contributed by atoms with Gasteiger partial charge in [-0.3, -0.25) is 14.5 Å². The molecule has 1 aromatic carbocycles. The van der Waals surface area contributed by atoms with Crippen LogP contribution in [0, 0.1) is 25.2 Å². The minimum Gasteiger partial charge on any atom is -0.496 e. The van der Waals surface area contributed by atoms with Crippen molar-refractivity contribution in [2.75, 3.05) is 34.4 Å². The molecule has 3 aromatic rings. The highest BCUT2D eigenvalue weighted by atomic mass is 79.9. The number of hydrogen-bond donors (Lipinski definition) is 0. The molecular formula is C32H36BrN5O4. The van der Waals surface area contributed by atoms with Crippen molar-refractivity contribution >= 4 is 27.9 Å². The average molecular weight is 635 g/mol. The fourth-order valence-corrected chi connectivity index (χ4v) is 5.77. The number of carbonyl (C=O) groups excluding carboxylic acids is 1. The zero-order valence-electron chi connectivity index (χ0n) is 24.9. The fourth-order valence-electron chi connectivity index (χ4n) is 5.42. The van der Waals surface area contributed by atoms with E-state index in [9.17, 15) is 14.9 Å². The molecule has 0 unspecified atom stereocenters. The standard InChI is InChI=1S/C32H36BrN5O4/c1-20-21(2)31(39)37(4)18-26(20)22-15-28(41-5)27(29(16-22)42-6)19-36(3)25-10-12-38(13-11-25)32(40)23(17-34)14-24-8-7-9-30(33)35-24/h7-9,14-16,18,25H,10-13,19H2,1-6H3/b23-14+. The van der Waals surface area contributed by atoms with E-state index in [0.29, 0.717) is 47.0 Å². The third-order valence-corrected chi connectivity index (χ3v) is 8.45. The number of rotatable bonds is 8. The van der Waals surface area contributed by atoms with Crippen molar-refractivity contribution in [1.29, 1.82) is 5.26 Å². The largest absolute Gasteiger partial charge is 0.496 e. The summed E-state index contributed by atoms with van der Waals surface area (Å²) in [6, 6.07) is 11.6. The second-order valence-corrected chi connectivity index (χ2v) is 11.4. The van der Waals surface area contributed by atoms with Gasteiger partial charge in [0, 0.05) is 50.0 Å². The molecule has 0 spiro atoms. The van der Waals surface area contributed by atoms with Gasteiger partial charge < -0.3 is 18.9 Å². The highest BCUT2D eigenvalue weighted by Gasteiger charge is 2.28. The van der Waals surface area contributed by atoms with Crippen molar-refractivity contribution in [3.63, 3.8) is 0 Å². The quantitative estimate of drug-likeness (QED) is 0.198. The smallest absolute Gasteiger partial charge is 0.264 e. The zero-order chi connectivity index (χ0) is 30.6. The van der Waals surface area contributed by atoms with Gasteiger partial charge in [-0.05, 0) is 91.1 Å². The van der Waals surface area contributed by atoms with Gasteiger partial charge in [0.05, 0.1) is 25.5 Å². The molecule has 0 atom stereocenters. The Hall–Kier alpha value is -3.94. The van der Waals surface area contributed by atoms with Gasteiger partial charge in [0.2, 0.25) is 0 Å². The summed E-state index contributed by atoms with van der Waals surface area (Å²) in [5, 5.41) is 9.66. The van der Waals surface area contributed by atoms with Crippen LogP contribution in [0.3, 0.4) is 0 Å². The van der Waals surface area contributed by atoms with Gasteiger partial charge in [0.15, 0.2) is 0 Å². The minimum atomic E-state index is -0.275. The highest BCUT2D eigenvalue weighted by Crippen LogP contribution is 2.37. The van der Waals surface area contributed by atoms with E-state index >= 15 is 0 Å². The molecule has 42 heavy (non-hydrogen) atoms. The predicted octanol–water partition coefficient (Wildman–Crippen LogP) is 4.87. The molecule has 4 rings (SSSR count). The number of aryl methyl sites for hydroxylation is 1. The van der Waals surface area contributed by atoms with Crippen LogP contribution in [0.1, 0.15) is 35.2 Å². The predicted molar refractivity (Wildman–Crippen MR) is 166 cm³/mol. The van der Waals surface area contributed by atoms with Crippen molar-refractivity contribution in [2.45, 2.75) is 39.3 Å². The lowest BCUT2D eigenvalue weighted by molar-refractivity contribution is -0.128. The third kappa shape index (κ3) is 6.58. The molecule has 2 aromatic heterocycles. The maximum absolute atomic E-state index is 13.1. The second kappa shape index (κ2) is 13.4. The first-order chi connectivity index (χ1) is 20.1. The molecule has 0 saturated carbocycles. The molecule has 0 bridgehead atoms. The summed E-state index contributed by atoms with van der Waals surface area (Å²) in [5.41, 5.74) is 5.05. The van der Waals surface area contributed by atoms with Gasteiger partial charge in [-0.25, -0.2) is 4.98 Å². The molecule has 3 heterocycles. The monoisotopic (exact) mass is 633 g/mol. The number of aromatic nitrogens is 2. The van der Waals surface area contributed by atoms with Crippen LogP contribution in [-0.2, 0) is 18.4 Å². The Bertz CT molecular complexity index is 1590. The topological polar surface area (TPSA) is 101 Å². The molecule has 9 nitrogen and oxygen atoms in total. The summed E-state index contributed by atoms with van der Waals surface area (Å²) in [6.07, 6.45) is 4.93. The molecular weight excluding hydrogens is 598 g/mol. The lowest BCUT2D eigenvalue weighted by Gasteiger charge is -2.37. The molecule has 1 fully saturated rings. The number of methoxy groups -OCH3 is 2. The Kier molecular flexibility index (Phi) is 9.86. The summed E-state index contributed by atoms with van der Waals surface area (Å²) >= 11 is 3.32. The summed E-state index contributed by atoms with van der Waals surface area (Å²) in [6.45, 7) is 5.49. The number of ether oxygens (including phenoxy) is 2. The van der Waals surface area contributed by atoms with E-state index in [2.05, 4.69) is 32.9 Å². The molecule has 0 aliphatic carbocycles. The average Bonchev–Trinajstić information content (AvgIpc) is 3.00. The molecule has 1 amide bonds. The molecule has 220 valence electrons. The van der Waals surface area contributed by atoms with Crippen molar-refractivity contribution in [2.24, 2.45) is 7.05 Å². The number of carbonyl (C=O) groups is 1.